The van der Waals surface area contributed by atoms with Gasteiger partial charge in [-0.2, -0.15) is 13.2 Å². The van der Waals surface area contributed by atoms with Gasteiger partial charge in [-0.15, -0.1) is 0 Å². The first-order valence-electron chi connectivity index (χ1n) is 7.19. The van der Waals surface area contributed by atoms with Crippen molar-refractivity contribution >= 4 is 28.9 Å². The van der Waals surface area contributed by atoms with E-state index in [2.05, 4.69) is 15.6 Å². The highest BCUT2D eigenvalue weighted by molar-refractivity contribution is 6.33. The summed E-state index contributed by atoms with van der Waals surface area (Å²) in [6.07, 6.45) is -2.17. The van der Waals surface area contributed by atoms with Crippen molar-refractivity contribution in [3.63, 3.8) is 0 Å². The Balaban J connectivity index is 2.20. The molecule has 4 nitrogen and oxygen atoms in total. The smallest absolute Gasteiger partial charge is 0.385 e. The number of nitrogens with zero attached hydrogens (tertiary/aromatic N) is 1. The number of benzene rings is 1. The Labute approximate surface area is 142 Å². The number of pyridine rings is 1. The molecule has 1 aromatic heterocycles. The average molecular weight is 358 g/mol. The summed E-state index contributed by atoms with van der Waals surface area (Å²) < 4.78 is 38.3. The molecule has 0 bridgehead atoms. The quantitative estimate of drug-likeness (QED) is 0.806. The normalized spacial score (nSPS) is 11.2. The summed E-state index contributed by atoms with van der Waals surface area (Å²) in [4.78, 5) is 16.1. The Morgan fingerprint density at radius 1 is 1.25 bits per heavy atom. The molecule has 8 heteroatoms. The second-order valence-corrected chi connectivity index (χ2v) is 5.41. The van der Waals surface area contributed by atoms with Crippen molar-refractivity contribution in [2.75, 3.05) is 17.2 Å². The van der Waals surface area contributed by atoms with Crippen LogP contribution in [0.25, 0.3) is 0 Å². The predicted molar refractivity (Wildman–Crippen MR) is 87.4 cm³/mol. The fourth-order valence-electron chi connectivity index (χ4n) is 1.92. The molecule has 2 N–H and O–H groups in total. The number of carbonyl (C=O) groups is 1. The number of alkyl halides is 3. The van der Waals surface area contributed by atoms with Crippen LogP contribution < -0.4 is 10.6 Å². The van der Waals surface area contributed by atoms with Crippen LogP contribution in [0.15, 0.2) is 36.5 Å². The number of hydrogen-bond acceptors (Lipinski definition) is 3. The lowest BCUT2D eigenvalue weighted by atomic mass is 10.2. The molecule has 1 aromatic carbocycles. The monoisotopic (exact) mass is 357 g/mol. The highest BCUT2D eigenvalue weighted by Gasteiger charge is 2.31. The first-order chi connectivity index (χ1) is 11.3. The van der Waals surface area contributed by atoms with Gasteiger partial charge in [0.25, 0.3) is 5.91 Å². The second kappa shape index (κ2) is 7.53. The van der Waals surface area contributed by atoms with E-state index in [1.165, 1.54) is 12.3 Å². The zero-order chi connectivity index (χ0) is 17.7. The molecule has 0 aliphatic heterocycles. The summed E-state index contributed by atoms with van der Waals surface area (Å²) in [6.45, 7) is 2.72. The minimum absolute atomic E-state index is 0.0108. The van der Waals surface area contributed by atoms with Gasteiger partial charge >= 0.3 is 6.18 Å². The molecule has 0 spiro atoms. The van der Waals surface area contributed by atoms with Crippen LogP contribution in [0.2, 0.25) is 5.02 Å². The van der Waals surface area contributed by atoms with Gasteiger partial charge in [-0.25, -0.2) is 0 Å². The van der Waals surface area contributed by atoms with Crippen molar-refractivity contribution in [3.8, 4) is 0 Å². The van der Waals surface area contributed by atoms with Gasteiger partial charge in [-0.1, -0.05) is 18.5 Å². The third-order valence-electron chi connectivity index (χ3n) is 3.11. The maximum atomic E-state index is 12.8. The van der Waals surface area contributed by atoms with E-state index in [4.69, 9.17) is 11.6 Å². The summed E-state index contributed by atoms with van der Waals surface area (Å²) in [6, 6.07) is 5.95. The van der Waals surface area contributed by atoms with Gasteiger partial charge in [0, 0.05) is 18.4 Å². The van der Waals surface area contributed by atoms with Gasteiger partial charge in [0.15, 0.2) is 0 Å². The first kappa shape index (κ1) is 18.1. The second-order valence-electron chi connectivity index (χ2n) is 5.00. The van der Waals surface area contributed by atoms with Crippen LogP contribution in [0.4, 0.5) is 24.5 Å². The lowest BCUT2D eigenvalue weighted by molar-refractivity contribution is -0.137. The number of hydrogen-bond donors (Lipinski definition) is 2. The molecular formula is C16H15ClF3N3O. The van der Waals surface area contributed by atoms with E-state index >= 15 is 0 Å². The van der Waals surface area contributed by atoms with Gasteiger partial charge in [0.05, 0.1) is 16.3 Å². The standard InChI is InChI=1S/C16H15ClF3N3O/c1-2-6-21-11-5-7-22-14(9-11)15(24)23-13-8-10(16(18,19)20)3-4-12(13)17/h3-5,7-9H,2,6H2,1H3,(H,21,22)(H,23,24). The molecule has 0 aliphatic rings. The van der Waals surface area contributed by atoms with E-state index in [-0.39, 0.29) is 16.4 Å². The highest BCUT2D eigenvalue weighted by atomic mass is 35.5. The number of nitrogens with one attached hydrogen (secondary N) is 2. The van der Waals surface area contributed by atoms with Crippen LogP contribution in [-0.2, 0) is 6.18 Å². The molecule has 2 aromatic rings. The molecule has 0 saturated carbocycles. The predicted octanol–water partition coefficient (Wildman–Crippen LogP) is 4.83. The van der Waals surface area contributed by atoms with E-state index in [0.717, 1.165) is 31.2 Å². The van der Waals surface area contributed by atoms with Crippen LogP contribution in [0.1, 0.15) is 29.4 Å². The van der Waals surface area contributed by atoms with E-state index < -0.39 is 17.6 Å². The van der Waals surface area contributed by atoms with Crippen molar-refractivity contribution in [3.05, 3.63) is 52.8 Å². The van der Waals surface area contributed by atoms with Crippen LogP contribution in [0.3, 0.4) is 0 Å². The number of halogens is 4. The van der Waals surface area contributed by atoms with Gasteiger partial charge in [-0.3, -0.25) is 9.78 Å². The van der Waals surface area contributed by atoms with Crippen molar-refractivity contribution in [1.82, 2.24) is 4.98 Å². The van der Waals surface area contributed by atoms with E-state index in [1.807, 2.05) is 6.92 Å². The molecule has 0 aliphatic carbocycles. The minimum Gasteiger partial charge on any atom is -0.385 e. The number of amides is 1. The molecule has 24 heavy (non-hydrogen) atoms. The van der Waals surface area contributed by atoms with Crippen molar-refractivity contribution in [2.24, 2.45) is 0 Å². The molecule has 0 atom stereocenters. The molecule has 0 unspecified atom stereocenters. The van der Waals surface area contributed by atoms with Gasteiger partial charge in [0.1, 0.15) is 5.69 Å². The lowest BCUT2D eigenvalue weighted by Gasteiger charge is -2.12. The topological polar surface area (TPSA) is 54.0 Å². The summed E-state index contributed by atoms with van der Waals surface area (Å²) in [5, 5.41) is 5.47. The minimum atomic E-state index is -4.52. The third kappa shape index (κ3) is 4.61. The van der Waals surface area contributed by atoms with Crippen molar-refractivity contribution in [1.29, 1.82) is 0 Å². The van der Waals surface area contributed by atoms with Gasteiger partial charge < -0.3 is 10.6 Å². The van der Waals surface area contributed by atoms with E-state index in [0.29, 0.717) is 5.69 Å². The zero-order valence-electron chi connectivity index (χ0n) is 12.7. The van der Waals surface area contributed by atoms with Gasteiger partial charge in [0.2, 0.25) is 0 Å². The lowest BCUT2D eigenvalue weighted by Crippen LogP contribution is -2.15. The summed E-state index contributed by atoms with van der Waals surface area (Å²) in [7, 11) is 0. The van der Waals surface area contributed by atoms with Crippen LogP contribution in [0, 0.1) is 0 Å². The maximum Gasteiger partial charge on any atom is 0.416 e. The number of aromatic nitrogens is 1. The Morgan fingerprint density at radius 3 is 2.67 bits per heavy atom. The largest absolute Gasteiger partial charge is 0.416 e. The molecule has 0 saturated heterocycles. The van der Waals surface area contributed by atoms with Gasteiger partial charge in [-0.05, 0) is 36.8 Å². The SMILES string of the molecule is CCCNc1ccnc(C(=O)Nc2cc(C(F)(F)F)ccc2Cl)c1. The fraction of sp³-hybridized carbons (Fsp3) is 0.250. The van der Waals surface area contributed by atoms with Crippen LogP contribution in [0.5, 0.6) is 0 Å². The fourth-order valence-corrected chi connectivity index (χ4v) is 2.08. The highest BCUT2D eigenvalue weighted by Crippen LogP contribution is 2.33. The number of carbonyl (C=O) groups excluding carboxylic acids is 1. The summed E-state index contributed by atoms with van der Waals surface area (Å²) in [5.41, 5.74) is -0.240. The molecule has 1 amide bonds. The maximum absolute atomic E-state index is 12.8. The molecule has 2 rings (SSSR count). The summed E-state index contributed by atoms with van der Waals surface area (Å²) in [5.74, 6) is -0.642. The molecule has 0 fully saturated rings. The number of rotatable bonds is 5. The molecular weight excluding hydrogens is 343 g/mol. The zero-order valence-corrected chi connectivity index (χ0v) is 13.5. The van der Waals surface area contributed by atoms with Crippen molar-refractivity contribution in [2.45, 2.75) is 19.5 Å². The first-order valence-corrected chi connectivity index (χ1v) is 7.57. The molecule has 1 heterocycles. The number of anilines is 2. The van der Waals surface area contributed by atoms with Crippen LogP contribution in [-0.4, -0.2) is 17.4 Å². The van der Waals surface area contributed by atoms with E-state index in [9.17, 15) is 18.0 Å². The Hall–Kier alpha value is -2.28. The Morgan fingerprint density at radius 2 is 2.00 bits per heavy atom. The molecule has 128 valence electrons. The van der Waals surface area contributed by atoms with Crippen molar-refractivity contribution < 1.29 is 18.0 Å². The average Bonchev–Trinajstić information content (AvgIpc) is 2.54. The summed E-state index contributed by atoms with van der Waals surface area (Å²) >= 11 is 5.86. The third-order valence-corrected chi connectivity index (χ3v) is 3.44. The Kier molecular flexibility index (Phi) is 5.66. The molecule has 0 radical (unpaired) electrons. The van der Waals surface area contributed by atoms with E-state index in [1.54, 1.807) is 6.07 Å². The van der Waals surface area contributed by atoms with Crippen LogP contribution >= 0.6 is 11.6 Å². The Bertz CT molecular complexity index is 735.